The van der Waals surface area contributed by atoms with E-state index in [4.69, 9.17) is 30.8 Å². The number of pyridine rings is 2. The molecule has 0 atom stereocenters. The van der Waals surface area contributed by atoms with Crippen LogP contribution in [0.1, 0.15) is 0 Å². The first-order valence-electron chi connectivity index (χ1n) is 9.98. The molecule has 3 aromatic heterocycles. The van der Waals surface area contributed by atoms with Crippen LogP contribution in [-0.2, 0) is 11.8 Å². The molecule has 0 unspecified atom stereocenters. The minimum absolute atomic E-state index is 0.501. The molecule has 0 saturated heterocycles. The number of ether oxygens (including phenoxy) is 3. The van der Waals surface area contributed by atoms with Gasteiger partial charge in [0.25, 0.3) is 0 Å². The highest BCUT2D eigenvalue weighted by Crippen LogP contribution is 2.36. The van der Waals surface area contributed by atoms with Crippen LogP contribution in [0.5, 0.6) is 11.5 Å². The molecule has 0 aliphatic heterocycles. The molecule has 32 heavy (non-hydrogen) atoms. The SMILES string of the molecule is COCCN(c1cc(OC)cc(OC)c1)c1ccc2ncc(-c3cnn(C)c3)c(Cl)c2n1. The number of halogens is 1. The summed E-state index contributed by atoms with van der Waals surface area (Å²) in [6, 6.07) is 9.50. The predicted octanol–water partition coefficient (Wildman–Crippen LogP) is 4.49. The van der Waals surface area contributed by atoms with Crippen molar-refractivity contribution in [2.24, 2.45) is 7.05 Å². The van der Waals surface area contributed by atoms with Gasteiger partial charge in [-0.1, -0.05) is 11.6 Å². The van der Waals surface area contributed by atoms with Gasteiger partial charge in [-0.15, -0.1) is 0 Å². The van der Waals surface area contributed by atoms with Crippen LogP contribution in [0.15, 0.2) is 48.9 Å². The van der Waals surface area contributed by atoms with Gasteiger partial charge in [0.15, 0.2) is 0 Å². The van der Waals surface area contributed by atoms with Crippen molar-refractivity contribution in [3.63, 3.8) is 0 Å². The van der Waals surface area contributed by atoms with E-state index in [9.17, 15) is 0 Å². The summed E-state index contributed by atoms with van der Waals surface area (Å²) < 4.78 is 18.0. The predicted molar refractivity (Wildman–Crippen MR) is 125 cm³/mol. The minimum Gasteiger partial charge on any atom is -0.497 e. The van der Waals surface area contributed by atoms with E-state index in [0.29, 0.717) is 46.5 Å². The van der Waals surface area contributed by atoms with E-state index in [0.717, 1.165) is 16.8 Å². The topological polar surface area (TPSA) is 74.5 Å². The quantitative estimate of drug-likeness (QED) is 0.389. The van der Waals surface area contributed by atoms with E-state index >= 15 is 0 Å². The third kappa shape index (κ3) is 4.32. The monoisotopic (exact) mass is 453 g/mol. The molecule has 0 N–H and O–H groups in total. The molecule has 166 valence electrons. The number of nitrogens with zero attached hydrogens (tertiary/aromatic N) is 5. The Labute approximate surface area is 191 Å². The van der Waals surface area contributed by atoms with Crippen LogP contribution in [0.3, 0.4) is 0 Å². The number of methoxy groups -OCH3 is 3. The van der Waals surface area contributed by atoms with Crippen molar-refractivity contribution in [1.82, 2.24) is 19.7 Å². The second kappa shape index (κ2) is 9.42. The maximum absolute atomic E-state index is 6.78. The summed E-state index contributed by atoms with van der Waals surface area (Å²) >= 11 is 6.78. The number of aromatic nitrogens is 4. The molecular weight excluding hydrogens is 430 g/mol. The Morgan fingerprint density at radius 3 is 2.41 bits per heavy atom. The maximum atomic E-state index is 6.78. The second-order valence-corrected chi connectivity index (χ2v) is 7.52. The normalized spacial score (nSPS) is 11.0. The lowest BCUT2D eigenvalue weighted by Crippen LogP contribution is -2.23. The standard InChI is InChI=1S/C23H24ClN5O3/c1-28-14-15(12-26-28)19-13-25-20-5-6-21(27-23(20)22(19)24)29(7-8-30-2)16-9-17(31-3)11-18(10-16)32-4/h5-6,9-14H,7-8H2,1-4H3. The molecule has 3 heterocycles. The third-order valence-corrected chi connectivity index (χ3v) is 5.48. The minimum atomic E-state index is 0.501. The van der Waals surface area contributed by atoms with Crippen LogP contribution < -0.4 is 14.4 Å². The van der Waals surface area contributed by atoms with Gasteiger partial charge >= 0.3 is 0 Å². The van der Waals surface area contributed by atoms with Crippen LogP contribution in [-0.4, -0.2) is 54.2 Å². The Morgan fingerprint density at radius 2 is 1.78 bits per heavy atom. The number of anilines is 2. The number of hydrogen-bond acceptors (Lipinski definition) is 7. The number of aryl methyl sites for hydroxylation is 1. The van der Waals surface area contributed by atoms with Gasteiger partial charge in [-0.2, -0.15) is 5.10 Å². The van der Waals surface area contributed by atoms with Gasteiger partial charge in [-0.05, 0) is 12.1 Å². The van der Waals surface area contributed by atoms with Crippen LogP contribution in [0.25, 0.3) is 22.2 Å². The summed E-state index contributed by atoms with van der Waals surface area (Å²) in [7, 11) is 6.77. The van der Waals surface area contributed by atoms with Crippen molar-refractivity contribution < 1.29 is 14.2 Å². The summed E-state index contributed by atoms with van der Waals surface area (Å²) in [4.78, 5) is 11.5. The van der Waals surface area contributed by atoms with Crippen LogP contribution in [0.2, 0.25) is 5.02 Å². The molecule has 4 rings (SSSR count). The van der Waals surface area contributed by atoms with Crippen molar-refractivity contribution >= 4 is 34.1 Å². The molecule has 4 aromatic rings. The molecule has 0 saturated carbocycles. The van der Waals surface area contributed by atoms with Crippen molar-refractivity contribution in [2.45, 2.75) is 0 Å². The highest BCUT2D eigenvalue weighted by molar-refractivity contribution is 6.37. The maximum Gasteiger partial charge on any atom is 0.133 e. The largest absolute Gasteiger partial charge is 0.497 e. The van der Waals surface area contributed by atoms with E-state index in [1.54, 1.807) is 38.4 Å². The summed E-state index contributed by atoms with van der Waals surface area (Å²) in [6.07, 6.45) is 5.40. The van der Waals surface area contributed by atoms with Gasteiger partial charge in [0.2, 0.25) is 0 Å². The lowest BCUT2D eigenvalue weighted by atomic mass is 10.1. The Morgan fingerprint density at radius 1 is 1.03 bits per heavy atom. The van der Waals surface area contributed by atoms with Gasteiger partial charge in [-0.25, -0.2) is 4.98 Å². The molecule has 0 bridgehead atoms. The Bertz CT molecular complexity index is 1220. The Balaban J connectivity index is 1.83. The zero-order valence-corrected chi connectivity index (χ0v) is 19.1. The van der Waals surface area contributed by atoms with Gasteiger partial charge in [-0.3, -0.25) is 9.67 Å². The molecule has 0 fully saturated rings. The fourth-order valence-corrected chi connectivity index (χ4v) is 3.74. The van der Waals surface area contributed by atoms with E-state index in [1.807, 2.05) is 48.5 Å². The lowest BCUT2D eigenvalue weighted by Gasteiger charge is -2.25. The van der Waals surface area contributed by atoms with Crippen molar-refractivity contribution in [3.8, 4) is 22.6 Å². The van der Waals surface area contributed by atoms with Crippen molar-refractivity contribution in [2.75, 3.05) is 39.4 Å². The van der Waals surface area contributed by atoms with E-state index < -0.39 is 0 Å². The van der Waals surface area contributed by atoms with Gasteiger partial charge < -0.3 is 19.1 Å². The van der Waals surface area contributed by atoms with Gasteiger partial charge in [0.05, 0.1) is 37.6 Å². The smallest absolute Gasteiger partial charge is 0.133 e. The Kier molecular flexibility index (Phi) is 6.43. The number of fused-ring (bicyclic) bond motifs is 1. The second-order valence-electron chi connectivity index (χ2n) is 7.14. The summed E-state index contributed by atoms with van der Waals surface area (Å²) in [6.45, 7) is 1.07. The first kappa shape index (κ1) is 21.9. The molecule has 0 aliphatic rings. The first-order chi connectivity index (χ1) is 15.5. The average molecular weight is 454 g/mol. The molecule has 0 spiro atoms. The summed E-state index contributed by atoms with van der Waals surface area (Å²) in [5, 5.41) is 4.76. The molecule has 0 aliphatic carbocycles. The summed E-state index contributed by atoms with van der Waals surface area (Å²) in [5.74, 6) is 2.07. The fourth-order valence-electron chi connectivity index (χ4n) is 3.44. The van der Waals surface area contributed by atoms with Crippen LogP contribution >= 0.6 is 11.6 Å². The molecular formula is C23H24ClN5O3. The zero-order valence-electron chi connectivity index (χ0n) is 18.4. The number of hydrogen-bond donors (Lipinski definition) is 0. The Hall–Kier alpha value is -3.36. The van der Waals surface area contributed by atoms with Crippen molar-refractivity contribution in [3.05, 3.63) is 53.9 Å². The molecule has 8 nitrogen and oxygen atoms in total. The first-order valence-corrected chi connectivity index (χ1v) is 10.4. The number of rotatable bonds is 8. The van der Waals surface area contributed by atoms with Gasteiger partial charge in [0.1, 0.15) is 22.8 Å². The highest BCUT2D eigenvalue weighted by Gasteiger charge is 2.17. The summed E-state index contributed by atoms with van der Waals surface area (Å²) in [5.41, 5.74) is 3.85. The molecule has 1 aromatic carbocycles. The van der Waals surface area contributed by atoms with E-state index in [2.05, 4.69) is 10.1 Å². The van der Waals surface area contributed by atoms with Crippen LogP contribution in [0.4, 0.5) is 11.5 Å². The lowest BCUT2D eigenvalue weighted by molar-refractivity contribution is 0.207. The van der Waals surface area contributed by atoms with Crippen LogP contribution in [0, 0.1) is 0 Å². The zero-order chi connectivity index (χ0) is 22.7. The van der Waals surface area contributed by atoms with Crippen molar-refractivity contribution in [1.29, 1.82) is 0 Å². The van der Waals surface area contributed by atoms with E-state index in [1.165, 1.54) is 0 Å². The fraction of sp³-hybridized carbons (Fsp3) is 0.261. The molecule has 9 heteroatoms. The highest BCUT2D eigenvalue weighted by atomic mass is 35.5. The third-order valence-electron chi connectivity index (χ3n) is 5.10. The molecule has 0 radical (unpaired) electrons. The van der Waals surface area contributed by atoms with E-state index in [-0.39, 0.29) is 0 Å². The average Bonchev–Trinajstić information content (AvgIpc) is 3.25. The van der Waals surface area contributed by atoms with Gasteiger partial charge in [0, 0.05) is 68.1 Å². The molecule has 0 amide bonds. The number of benzene rings is 1.